The minimum Gasteiger partial charge on any atom is -0.496 e. The highest BCUT2D eigenvalue weighted by molar-refractivity contribution is 9.10. The molecule has 2 aromatic rings. The fourth-order valence-corrected chi connectivity index (χ4v) is 3.33. The zero-order valence-electron chi connectivity index (χ0n) is 11.8. The van der Waals surface area contributed by atoms with E-state index in [9.17, 15) is 0 Å². The van der Waals surface area contributed by atoms with Crippen LogP contribution in [0, 0.1) is 0 Å². The molecule has 2 rings (SSSR count). The summed E-state index contributed by atoms with van der Waals surface area (Å²) >= 11 is 16.0. The van der Waals surface area contributed by atoms with Gasteiger partial charge in [-0.25, -0.2) is 0 Å². The molecule has 0 aromatic heterocycles. The molecule has 0 spiro atoms. The van der Waals surface area contributed by atoms with Crippen LogP contribution in [0.25, 0.3) is 0 Å². The van der Waals surface area contributed by atoms with E-state index in [4.69, 9.17) is 27.9 Å². The Kier molecular flexibility index (Phi) is 5.94. The van der Waals surface area contributed by atoms with Gasteiger partial charge in [0.05, 0.1) is 11.6 Å². The molecule has 5 heteroatoms. The molecule has 0 bridgehead atoms. The van der Waals surface area contributed by atoms with E-state index in [-0.39, 0.29) is 6.04 Å². The Morgan fingerprint density at radius 3 is 2.38 bits per heavy atom. The molecule has 0 saturated heterocycles. The SMILES string of the molecule is CNC(Cc1c(Cl)cccc1Cl)c1ccc(OC)c(Br)c1. The van der Waals surface area contributed by atoms with Crippen LogP contribution < -0.4 is 10.1 Å². The zero-order valence-corrected chi connectivity index (χ0v) is 14.9. The number of likely N-dealkylation sites (N-methyl/N-ethyl adjacent to an activating group) is 1. The molecule has 0 saturated carbocycles. The van der Waals surface area contributed by atoms with E-state index in [2.05, 4.69) is 21.2 Å². The van der Waals surface area contributed by atoms with Crippen LogP contribution in [0.3, 0.4) is 0 Å². The van der Waals surface area contributed by atoms with Crippen molar-refractivity contribution in [1.29, 1.82) is 0 Å². The van der Waals surface area contributed by atoms with E-state index in [0.29, 0.717) is 16.5 Å². The predicted molar refractivity (Wildman–Crippen MR) is 92.7 cm³/mol. The molecule has 1 atom stereocenters. The Morgan fingerprint density at radius 2 is 1.86 bits per heavy atom. The summed E-state index contributed by atoms with van der Waals surface area (Å²) in [6.07, 6.45) is 0.716. The molecule has 0 amide bonds. The highest BCUT2D eigenvalue weighted by Crippen LogP contribution is 2.32. The monoisotopic (exact) mass is 387 g/mol. The first-order chi connectivity index (χ1) is 10.1. The molecule has 0 aliphatic rings. The van der Waals surface area contributed by atoms with Gasteiger partial charge in [0.2, 0.25) is 0 Å². The van der Waals surface area contributed by atoms with E-state index < -0.39 is 0 Å². The second-order valence-electron chi connectivity index (χ2n) is 4.64. The number of rotatable bonds is 5. The molecule has 0 radical (unpaired) electrons. The number of hydrogen-bond acceptors (Lipinski definition) is 2. The van der Waals surface area contributed by atoms with Crippen molar-refractivity contribution in [3.05, 3.63) is 62.0 Å². The Balaban J connectivity index is 2.30. The summed E-state index contributed by atoms with van der Waals surface area (Å²) in [6.45, 7) is 0. The van der Waals surface area contributed by atoms with Crippen molar-refractivity contribution in [2.45, 2.75) is 12.5 Å². The van der Waals surface area contributed by atoms with E-state index in [1.54, 1.807) is 7.11 Å². The van der Waals surface area contributed by atoms with Crippen molar-refractivity contribution in [1.82, 2.24) is 5.32 Å². The predicted octanol–water partition coefficient (Wildman–Crippen LogP) is 5.27. The van der Waals surface area contributed by atoms with Gasteiger partial charge in [-0.3, -0.25) is 0 Å². The van der Waals surface area contributed by atoms with Gasteiger partial charge in [-0.15, -0.1) is 0 Å². The lowest BCUT2D eigenvalue weighted by Gasteiger charge is -2.19. The maximum atomic E-state index is 6.26. The van der Waals surface area contributed by atoms with Gasteiger partial charge in [0, 0.05) is 16.1 Å². The van der Waals surface area contributed by atoms with Crippen LogP contribution in [0.5, 0.6) is 5.75 Å². The van der Waals surface area contributed by atoms with E-state index in [1.807, 2.05) is 43.4 Å². The summed E-state index contributed by atoms with van der Waals surface area (Å²) in [5, 5.41) is 4.69. The molecular formula is C16H16BrCl2NO. The summed E-state index contributed by atoms with van der Waals surface area (Å²) < 4.78 is 6.18. The van der Waals surface area contributed by atoms with Crippen LogP contribution in [-0.2, 0) is 6.42 Å². The lowest BCUT2D eigenvalue weighted by atomic mass is 9.99. The van der Waals surface area contributed by atoms with Crippen LogP contribution in [0.1, 0.15) is 17.2 Å². The van der Waals surface area contributed by atoms with Gasteiger partial charge in [-0.05, 0) is 64.8 Å². The third kappa shape index (κ3) is 3.92. The lowest BCUT2D eigenvalue weighted by Crippen LogP contribution is -2.19. The first kappa shape index (κ1) is 16.6. The molecule has 1 N–H and O–H groups in total. The molecule has 2 aromatic carbocycles. The molecule has 0 aliphatic heterocycles. The molecule has 1 unspecified atom stereocenters. The molecule has 0 heterocycles. The first-order valence-corrected chi connectivity index (χ1v) is 8.05. The van der Waals surface area contributed by atoms with Crippen molar-refractivity contribution in [2.24, 2.45) is 0 Å². The minimum absolute atomic E-state index is 0.115. The van der Waals surface area contributed by atoms with Crippen molar-refractivity contribution < 1.29 is 4.74 Å². The largest absolute Gasteiger partial charge is 0.496 e. The van der Waals surface area contributed by atoms with Crippen LogP contribution in [0.2, 0.25) is 10.0 Å². The number of halogens is 3. The normalized spacial score (nSPS) is 12.2. The average molecular weight is 389 g/mol. The van der Waals surface area contributed by atoms with Crippen LogP contribution in [0.15, 0.2) is 40.9 Å². The summed E-state index contributed by atoms with van der Waals surface area (Å²) in [4.78, 5) is 0. The van der Waals surface area contributed by atoms with Gasteiger partial charge in [-0.2, -0.15) is 0 Å². The number of benzene rings is 2. The minimum atomic E-state index is 0.115. The van der Waals surface area contributed by atoms with Crippen LogP contribution in [-0.4, -0.2) is 14.2 Å². The maximum Gasteiger partial charge on any atom is 0.133 e. The smallest absolute Gasteiger partial charge is 0.133 e. The summed E-state index contributed by atoms with van der Waals surface area (Å²) in [5.74, 6) is 0.810. The fraction of sp³-hybridized carbons (Fsp3) is 0.250. The van der Waals surface area contributed by atoms with Crippen molar-refractivity contribution in [3.8, 4) is 5.75 Å². The second-order valence-corrected chi connectivity index (χ2v) is 6.31. The van der Waals surface area contributed by atoms with Crippen molar-refractivity contribution >= 4 is 39.1 Å². The third-order valence-electron chi connectivity index (χ3n) is 3.40. The standard InChI is InChI=1S/C16H16BrCl2NO/c1-20-15(9-11-13(18)4-3-5-14(11)19)10-6-7-16(21-2)12(17)8-10/h3-8,15,20H,9H2,1-2H3. The van der Waals surface area contributed by atoms with Gasteiger partial charge in [-0.1, -0.05) is 35.3 Å². The molecule has 112 valence electrons. The Morgan fingerprint density at radius 1 is 1.19 bits per heavy atom. The Bertz CT molecular complexity index is 613. The zero-order chi connectivity index (χ0) is 15.4. The lowest BCUT2D eigenvalue weighted by molar-refractivity contribution is 0.411. The molecule has 2 nitrogen and oxygen atoms in total. The number of hydrogen-bond donors (Lipinski definition) is 1. The fourth-order valence-electron chi connectivity index (χ4n) is 2.22. The first-order valence-electron chi connectivity index (χ1n) is 6.50. The summed E-state index contributed by atoms with van der Waals surface area (Å²) in [7, 11) is 3.58. The molecule has 21 heavy (non-hydrogen) atoms. The Labute approximate surface area is 143 Å². The van der Waals surface area contributed by atoms with Gasteiger partial charge < -0.3 is 10.1 Å². The highest BCUT2D eigenvalue weighted by atomic mass is 79.9. The van der Waals surface area contributed by atoms with Crippen molar-refractivity contribution in [3.63, 3.8) is 0 Å². The topological polar surface area (TPSA) is 21.3 Å². The van der Waals surface area contributed by atoms with Gasteiger partial charge in [0.15, 0.2) is 0 Å². The quantitative estimate of drug-likeness (QED) is 0.753. The van der Waals surface area contributed by atoms with E-state index in [1.165, 1.54) is 0 Å². The molecular weight excluding hydrogens is 373 g/mol. The third-order valence-corrected chi connectivity index (χ3v) is 4.72. The second kappa shape index (κ2) is 7.50. The molecule has 0 aliphatic carbocycles. The number of nitrogens with one attached hydrogen (secondary N) is 1. The number of ether oxygens (including phenoxy) is 1. The van der Waals surface area contributed by atoms with Crippen molar-refractivity contribution in [2.75, 3.05) is 14.2 Å². The number of methoxy groups -OCH3 is 1. The van der Waals surface area contributed by atoms with Crippen LogP contribution >= 0.6 is 39.1 Å². The van der Waals surface area contributed by atoms with E-state index >= 15 is 0 Å². The summed E-state index contributed by atoms with van der Waals surface area (Å²) in [5.41, 5.74) is 2.09. The summed E-state index contributed by atoms with van der Waals surface area (Å²) in [6, 6.07) is 11.7. The van der Waals surface area contributed by atoms with Crippen LogP contribution in [0.4, 0.5) is 0 Å². The molecule has 0 fully saturated rings. The highest BCUT2D eigenvalue weighted by Gasteiger charge is 2.15. The average Bonchev–Trinajstić information content (AvgIpc) is 2.47. The van der Waals surface area contributed by atoms with Gasteiger partial charge >= 0.3 is 0 Å². The van der Waals surface area contributed by atoms with E-state index in [0.717, 1.165) is 21.3 Å². The van der Waals surface area contributed by atoms with Gasteiger partial charge in [0.25, 0.3) is 0 Å². The maximum absolute atomic E-state index is 6.26. The Hall–Kier alpha value is -0.740. The van der Waals surface area contributed by atoms with Gasteiger partial charge in [0.1, 0.15) is 5.75 Å².